The van der Waals surface area contributed by atoms with Crippen LogP contribution in [-0.4, -0.2) is 31.1 Å². The molecule has 0 radical (unpaired) electrons. The van der Waals surface area contributed by atoms with E-state index in [0.717, 1.165) is 30.2 Å². The average molecular weight is 152 g/mol. The lowest BCUT2D eigenvalue weighted by molar-refractivity contribution is 0.148. The molecule has 5 atom stereocenters. The Balaban J connectivity index is 1.91. The number of nitrogens with zero attached hydrogens (tertiary/aromatic N) is 1. The molecule has 4 rings (SSSR count). The van der Waals surface area contributed by atoms with Crippen LogP contribution in [0.3, 0.4) is 0 Å². The van der Waals surface area contributed by atoms with Gasteiger partial charge in [0.2, 0.25) is 0 Å². The van der Waals surface area contributed by atoms with Crippen molar-refractivity contribution >= 4 is 0 Å². The topological polar surface area (TPSA) is 29.3 Å². The number of rotatable bonds is 1. The summed E-state index contributed by atoms with van der Waals surface area (Å²) in [4.78, 5) is 2.63. The van der Waals surface area contributed by atoms with Gasteiger partial charge in [-0.1, -0.05) is 0 Å². The third-order valence-electron chi connectivity index (χ3n) is 4.09. The minimum Gasteiger partial charge on any atom is -0.330 e. The van der Waals surface area contributed by atoms with Gasteiger partial charge in [0.1, 0.15) is 0 Å². The lowest BCUT2D eigenvalue weighted by atomic mass is 9.86. The van der Waals surface area contributed by atoms with Crippen LogP contribution in [0, 0.1) is 23.7 Å². The van der Waals surface area contributed by atoms with Gasteiger partial charge in [-0.2, -0.15) is 0 Å². The first-order valence-electron chi connectivity index (χ1n) is 4.81. The van der Waals surface area contributed by atoms with Gasteiger partial charge in [0.25, 0.3) is 0 Å². The van der Waals surface area contributed by atoms with Crippen LogP contribution in [0.15, 0.2) is 0 Å². The van der Waals surface area contributed by atoms with Crippen LogP contribution < -0.4 is 5.73 Å². The van der Waals surface area contributed by atoms with Crippen molar-refractivity contribution in [3.05, 3.63) is 0 Å². The molecular formula is C9H16N2. The summed E-state index contributed by atoms with van der Waals surface area (Å²) in [5.74, 6) is 3.87. The number of hydrogen-bond donors (Lipinski definition) is 1. The molecule has 2 heteroatoms. The van der Waals surface area contributed by atoms with Crippen molar-refractivity contribution in [2.75, 3.05) is 26.2 Å². The molecule has 3 aliphatic heterocycles. The lowest BCUT2D eigenvalue weighted by Crippen LogP contribution is -2.40. The smallest absolute Gasteiger partial charge is 0.00163 e. The maximum absolute atomic E-state index is 5.79. The van der Waals surface area contributed by atoms with Crippen LogP contribution in [0.5, 0.6) is 0 Å². The predicted octanol–water partition coefficient (Wildman–Crippen LogP) is 0.143. The predicted molar refractivity (Wildman–Crippen MR) is 44.1 cm³/mol. The summed E-state index contributed by atoms with van der Waals surface area (Å²) in [7, 11) is 0. The number of nitrogens with two attached hydrogens (primary N) is 1. The summed E-state index contributed by atoms with van der Waals surface area (Å²) in [6.07, 6.45) is 1.49. The largest absolute Gasteiger partial charge is 0.330 e. The number of hydrogen-bond acceptors (Lipinski definition) is 2. The molecule has 4 aliphatic rings. The Kier molecular flexibility index (Phi) is 1.16. The third kappa shape index (κ3) is 0.695. The summed E-state index contributed by atoms with van der Waals surface area (Å²) < 4.78 is 0. The SMILES string of the molecule is NCC1[C@@H]2C[C@H]3CN(C2)C[C@@H]13. The van der Waals surface area contributed by atoms with E-state index in [2.05, 4.69) is 4.90 Å². The van der Waals surface area contributed by atoms with Crippen LogP contribution in [0.4, 0.5) is 0 Å². The van der Waals surface area contributed by atoms with Gasteiger partial charge < -0.3 is 10.6 Å². The Morgan fingerprint density at radius 3 is 2.73 bits per heavy atom. The van der Waals surface area contributed by atoms with E-state index in [1.165, 1.54) is 26.1 Å². The highest BCUT2D eigenvalue weighted by atomic mass is 15.2. The summed E-state index contributed by atoms with van der Waals surface area (Å²) in [5.41, 5.74) is 5.79. The monoisotopic (exact) mass is 152 g/mol. The molecule has 1 aliphatic carbocycles. The molecule has 62 valence electrons. The van der Waals surface area contributed by atoms with E-state index in [9.17, 15) is 0 Å². The first kappa shape index (κ1) is 6.44. The van der Waals surface area contributed by atoms with Gasteiger partial charge in [-0.25, -0.2) is 0 Å². The summed E-state index contributed by atoms with van der Waals surface area (Å²) in [6, 6.07) is 0. The van der Waals surface area contributed by atoms with Crippen LogP contribution in [0.2, 0.25) is 0 Å². The van der Waals surface area contributed by atoms with Gasteiger partial charge in [0, 0.05) is 19.6 Å². The number of piperidine rings is 2. The first-order chi connectivity index (χ1) is 5.38. The average Bonchev–Trinajstić information content (AvgIpc) is 2.40. The van der Waals surface area contributed by atoms with Crippen molar-refractivity contribution in [3.63, 3.8) is 0 Å². The highest BCUT2D eigenvalue weighted by Gasteiger charge is 2.52. The molecule has 4 fully saturated rings. The van der Waals surface area contributed by atoms with Gasteiger partial charge in [-0.3, -0.25) is 0 Å². The molecule has 1 saturated carbocycles. The fourth-order valence-corrected chi connectivity index (χ4v) is 3.69. The Bertz CT molecular complexity index is 176. The Morgan fingerprint density at radius 1 is 1.18 bits per heavy atom. The molecule has 0 aromatic heterocycles. The molecule has 0 aromatic rings. The Morgan fingerprint density at radius 2 is 2.00 bits per heavy atom. The molecule has 2 N–H and O–H groups in total. The summed E-state index contributed by atoms with van der Waals surface area (Å²) in [6.45, 7) is 5.05. The second kappa shape index (κ2) is 1.99. The lowest BCUT2D eigenvalue weighted by Gasteiger charge is -2.33. The van der Waals surface area contributed by atoms with E-state index in [-0.39, 0.29) is 0 Å². The van der Waals surface area contributed by atoms with Crippen LogP contribution in [0.1, 0.15) is 6.42 Å². The van der Waals surface area contributed by atoms with Crippen molar-refractivity contribution in [1.82, 2.24) is 4.90 Å². The maximum atomic E-state index is 5.79. The fourth-order valence-electron chi connectivity index (χ4n) is 3.69. The van der Waals surface area contributed by atoms with Crippen molar-refractivity contribution in [2.24, 2.45) is 29.4 Å². The maximum Gasteiger partial charge on any atom is 0.00163 e. The van der Waals surface area contributed by atoms with Crippen molar-refractivity contribution in [3.8, 4) is 0 Å². The van der Waals surface area contributed by atoms with Crippen molar-refractivity contribution in [1.29, 1.82) is 0 Å². The molecular weight excluding hydrogens is 136 g/mol. The first-order valence-corrected chi connectivity index (χ1v) is 4.81. The van der Waals surface area contributed by atoms with E-state index in [1.54, 1.807) is 0 Å². The molecule has 4 bridgehead atoms. The molecule has 3 saturated heterocycles. The second-order valence-corrected chi connectivity index (χ2v) is 4.54. The van der Waals surface area contributed by atoms with Gasteiger partial charge in [0.05, 0.1) is 0 Å². The quantitative estimate of drug-likeness (QED) is 0.579. The minimum absolute atomic E-state index is 0.888. The van der Waals surface area contributed by atoms with Crippen LogP contribution in [-0.2, 0) is 0 Å². The normalized spacial score (nSPS) is 59.2. The van der Waals surface area contributed by atoms with Crippen LogP contribution in [0.25, 0.3) is 0 Å². The Labute approximate surface area is 67.7 Å². The second-order valence-electron chi connectivity index (χ2n) is 4.54. The summed E-state index contributed by atoms with van der Waals surface area (Å²) >= 11 is 0. The van der Waals surface area contributed by atoms with E-state index < -0.39 is 0 Å². The van der Waals surface area contributed by atoms with Crippen molar-refractivity contribution in [2.45, 2.75) is 6.42 Å². The van der Waals surface area contributed by atoms with Gasteiger partial charge in [-0.15, -0.1) is 0 Å². The standard InChI is InChI=1S/C9H16N2/c10-2-8-6-1-7-4-11(3-6)5-9(7)8/h6-9H,1-5,10H2/t6-,7+,8?,9-/m1/s1. The summed E-state index contributed by atoms with van der Waals surface area (Å²) in [5, 5.41) is 0. The molecule has 3 heterocycles. The van der Waals surface area contributed by atoms with Gasteiger partial charge in [0.15, 0.2) is 0 Å². The van der Waals surface area contributed by atoms with E-state index in [0.29, 0.717) is 0 Å². The molecule has 0 spiro atoms. The van der Waals surface area contributed by atoms with Crippen molar-refractivity contribution < 1.29 is 0 Å². The zero-order valence-corrected chi connectivity index (χ0v) is 6.87. The molecule has 0 aromatic carbocycles. The third-order valence-corrected chi connectivity index (χ3v) is 4.09. The Hall–Kier alpha value is -0.0800. The van der Waals surface area contributed by atoms with E-state index >= 15 is 0 Å². The highest BCUT2D eigenvalue weighted by Crippen LogP contribution is 2.50. The van der Waals surface area contributed by atoms with Gasteiger partial charge in [-0.05, 0) is 36.6 Å². The molecule has 11 heavy (non-hydrogen) atoms. The molecule has 2 unspecified atom stereocenters. The van der Waals surface area contributed by atoms with E-state index in [1.807, 2.05) is 0 Å². The van der Waals surface area contributed by atoms with Crippen LogP contribution >= 0.6 is 0 Å². The fraction of sp³-hybridized carbons (Fsp3) is 1.00. The van der Waals surface area contributed by atoms with E-state index in [4.69, 9.17) is 5.73 Å². The van der Waals surface area contributed by atoms with Gasteiger partial charge >= 0.3 is 0 Å². The molecule has 0 amide bonds. The minimum atomic E-state index is 0.888. The zero-order chi connectivity index (χ0) is 7.42. The zero-order valence-electron chi connectivity index (χ0n) is 6.87. The molecule has 2 nitrogen and oxygen atoms in total. The highest BCUT2D eigenvalue weighted by molar-refractivity contribution is 5.03.